The van der Waals surface area contributed by atoms with Crippen molar-refractivity contribution in [3.63, 3.8) is 0 Å². The molecular weight excluding hydrogens is 443 g/mol. The third-order valence-corrected chi connectivity index (χ3v) is 6.13. The maximum atomic E-state index is 13.1. The van der Waals surface area contributed by atoms with Crippen LogP contribution < -0.4 is 0 Å². The van der Waals surface area contributed by atoms with E-state index in [1.165, 1.54) is 23.3 Å². The Morgan fingerprint density at radius 3 is 2.07 bits per heavy atom. The predicted molar refractivity (Wildman–Crippen MR) is 121 cm³/mol. The summed E-state index contributed by atoms with van der Waals surface area (Å²) in [6, 6.07) is 25.3. The van der Waals surface area contributed by atoms with Gasteiger partial charge in [0, 0.05) is 30.7 Å². The zero-order valence-corrected chi connectivity index (χ0v) is 18.3. The Balaban J connectivity index is 1.45. The summed E-state index contributed by atoms with van der Waals surface area (Å²) in [6.45, 7) is 3.01. The topological polar surface area (TPSA) is 23.6 Å². The molecular formula is C25H24BrFN2O. The van der Waals surface area contributed by atoms with Gasteiger partial charge in [-0.3, -0.25) is 9.69 Å². The average Bonchev–Trinajstić information content (AvgIpc) is 2.78. The molecule has 0 spiro atoms. The number of benzene rings is 3. The fraction of sp³-hybridized carbons (Fsp3) is 0.240. The molecule has 1 saturated heterocycles. The molecule has 0 aliphatic carbocycles. The summed E-state index contributed by atoms with van der Waals surface area (Å²) in [4.78, 5) is 17.1. The minimum Gasteiger partial charge on any atom is -0.340 e. The summed E-state index contributed by atoms with van der Waals surface area (Å²) in [7, 11) is 0. The number of hydrogen-bond acceptors (Lipinski definition) is 2. The van der Waals surface area contributed by atoms with Crippen molar-refractivity contribution < 1.29 is 9.18 Å². The molecule has 0 aromatic heterocycles. The van der Waals surface area contributed by atoms with Gasteiger partial charge in [-0.05, 0) is 41.0 Å². The quantitative estimate of drug-likeness (QED) is 0.524. The lowest BCUT2D eigenvalue weighted by Crippen LogP contribution is -2.50. The summed E-state index contributed by atoms with van der Waals surface area (Å²) in [5, 5.41) is 0. The molecule has 0 radical (unpaired) electrons. The molecule has 1 atom stereocenters. The lowest BCUT2D eigenvalue weighted by Gasteiger charge is -2.40. The highest BCUT2D eigenvalue weighted by molar-refractivity contribution is 9.10. The highest BCUT2D eigenvalue weighted by Gasteiger charge is 2.28. The molecule has 1 aliphatic heterocycles. The van der Waals surface area contributed by atoms with Crippen LogP contribution in [0.15, 0.2) is 83.3 Å². The molecule has 1 amide bonds. The van der Waals surface area contributed by atoms with Gasteiger partial charge in [-0.25, -0.2) is 4.39 Å². The summed E-state index contributed by atoms with van der Waals surface area (Å²) in [5.41, 5.74) is 3.35. The van der Waals surface area contributed by atoms with Crippen LogP contribution in [0.4, 0.5) is 4.39 Å². The van der Waals surface area contributed by atoms with Crippen molar-refractivity contribution in [2.24, 2.45) is 0 Å². The van der Waals surface area contributed by atoms with Gasteiger partial charge in [0.2, 0.25) is 5.91 Å². The number of rotatable bonds is 5. The van der Waals surface area contributed by atoms with Crippen molar-refractivity contribution in [3.8, 4) is 0 Å². The maximum Gasteiger partial charge on any atom is 0.227 e. The molecule has 0 N–H and O–H groups in total. The van der Waals surface area contributed by atoms with E-state index in [-0.39, 0.29) is 17.8 Å². The molecule has 0 bridgehead atoms. The third-order valence-electron chi connectivity index (χ3n) is 5.60. The smallest absolute Gasteiger partial charge is 0.227 e. The monoisotopic (exact) mass is 466 g/mol. The van der Waals surface area contributed by atoms with E-state index in [4.69, 9.17) is 0 Å². The number of amides is 1. The highest BCUT2D eigenvalue weighted by atomic mass is 79.9. The van der Waals surface area contributed by atoms with Crippen LogP contribution in [-0.2, 0) is 11.2 Å². The Morgan fingerprint density at radius 2 is 1.43 bits per heavy atom. The van der Waals surface area contributed by atoms with E-state index < -0.39 is 0 Å². The van der Waals surface area contributed by atoms with Crippen LogP contribution in [0.25, 0.3) is 0 Å². The van der Waals surface area contributed by atoms with Gasteiger partial charge >= 0.3 is 0 Å². The maximum absolute atomic E-state index is 13.1. The Labute approximate surface area is 185 Å². The molecule has 3 nitrogen and oxygen atoms in total. The Bertz CT molecular complexity index is 968. The van der Waals surface area contributed by atoms with Crippen LogP contribution in [0.5, 0.6) is 0 Å². The normalized spacial score (nSPS) is 15.7. The summed E-state index contributed by atoms with van der Waals surface area (Å²) >= 11 is 3.52. The Hall–Kier alpha value is -2.50. The number of carbonyl (C=O) groups is 1. The van der Waals surface area contributed by atoms with Crippen LogP contribution in [0.1, 0.15) is 22.7 Å². The first-order chi connectivity index (χ1) is 14.6. The van der Waals surface area contributed by atoms with E-state index in [2.05, 4.69) is 69.4 Å². The fourth-order valence-electron chi connectivity index (χ4n) is 4.01. The molecule has 1 fully saturated rings. The predicted octanol–water partition coefficient (Wildman–Crippen LogP) is 5.06. The first-order valence-electron chi connectivity index (χ1n) is 10.2. The van der Waals surface area contributed by atoms with Crippen LogP contribution in [0.2, 0.25) is 0 Å². The Morgan fingerprint density at radius 1 is 0.833 bits per heavy atom. The van der Waals surface area contributed by atoms with Crippen molar-refractivity contribution >= 4 is 21.8 Å². The van der Waals surface area contributed by atoms with Crippen LogP contribution >= 0.6 is 15.9 Å². The van der Waals surface area contributed by atoms with Gasteiger partial charge < -0.3 is 4.90 Å². The van der Waals surface area contributed by atoms with Gasteiger partial charge in [0.15, 0.2) is 0 Å². The van der Waals surface area contributed by atoms with Gasteiger partial charge in [-0.1, -0.05) is 70.5 Å². The summed E-state index contributed by atoms with van der Waals surface area (Å²) < 4.78 is 14.2. The second-order valence-corrected chi connectivity index (χ2v) is 8.50. The zero-order chi connectivity index (χ0) is 20.9. The van der Waals surface area contributed by atoms with Crippen LogP contribution in [0, 0.1) is 5.82 Å². The van der Waals surface area contributed by atoms with Crippen LogP contribution in [-0.4, -0.2) is 41.9 Å². The molecule has 154 valence electrons. The summed E-state index contributed by atoms with van der Waals surface area (Å²) in [5.74, 6) is -0.180. The molecule has 3 aromatic rings. The van der Waals surface area contributed by atoms with E-state index in [1.54, 1.807) is 12.1 Å². The van der Waals surface area contributed by atoms with E-state index in [9.17, 15) is 9.18 Å². The molecule has 1 heterocycles. The SMILES string of the molecule is O=C(Cc1ccc(F)cc1)N1CCN([C@H](c2ccccc2)c2ccc(Br)cc2)CC1. The van der Waals surface area contributed by atoms with Gasteiger partial charge in [-0.15, -0.1) is 0 Å². The molecule has 0 saturated carbocycles. The molecule has 0 unspecified atom stereocenters. The highest BCUT2D eigenvalue weighted by Crippen LogP contribution is 2.30. The standard InChI is InChI=1S/C25H24BrFN2O/c26-22-10-8-21(9-11-22)25(20-4-2-1-3-5-20)29-16-14-28(15-17-29)24(30)18-19-6-12-23(27)13-7-19/h1-13,25H,14-18H2/t25-/m1/s1. The average molecular weight is 467 g/mol. The van der Waals surface area contributed by atoms with Gasteiger partial charge in [0.1, 0.15) is 5.82 Å². The van der Waals surface area contributed by atoms with Crippen molar-refractivity contribution in [1.29, 1.82) is 0 Å². The number of nitrogens with zero attached hydrogens (tertiary/aromatic N) is 2. The molecule has 3 aromatic carbocycles. The number of halogens is 2. The van der Waals surface area contributed by atoms with Crippen molar-refractivity contribution in [2.75, 3.05) is 26.2 Å². The molecule has 1 aliphatic rings. The second-order valence-electron chi connectivity index (χ2n) is 7.58. The fourth-order valence-corrected chi connectivity index (χ4v) is 4.28. The lowest BCUT2D eigenvalue weighted by atomic mass is 9.96. The van der Waals surface area contributed by atoms with Crippen LogP contribution in [0.3, 0.4) is 0 Å². The van der Waals surface area contributed by atoms with Crippen molar-refractivity contribution in [1.82, 2.24) is 9.80 Å². The first kappa shape index (κ1) is 20.8. The van der Waals surface area contributed by atoms with Gasteiger partial charge in [0.25, 0.3) is 0 Å². The molecule has 4 rings (SSSR count). The zero-order valence-electron chi connectivity index (χ0n) is 16.7. The van der Waals surface area contributed by atoms with E-state index >= 15 is 0 Å². The molecule has 5 heteroatoms. The van der Waals surface area contributed by atoms with Crippen molar-refractivity contribution in [2.45, 2.75) is 12.5 Å². The van der Waals surface area contributed by atoms with E-state index in [1.807, 2.05) is 11.0 Å². The third kappa shape index (κ3) is 4.97. The summed E-state index contributed by atoms with van der Waals surface area (Å²) in [6.07, 6.45) is 0.315. The van der Waals surface area contributed by atoms with Gasteiger partial charge in [-0.2, -0.15) is 0 Å². The molecule has 30 heavy (non-hydrogen) atoms. The van der Waals surface area contributed by atoms with Crippen molar-refractivity contribution in [3.05, 3.63) is 106 Å². The number of carbonyl (C=O) groups excluding carboxylic acids is 1. The van der Waals surface area contributed by atoms with E-state index in [0.717, 1.165) is 23.1 Å². The lowest BCUT2D eigenvalue weighted by molar-refractivity contribution is -0.132. The number of hydrogen-bond donors (Lipinski definition) is 0. The second kappa shape index (κ2) is 9.54. The largest absolute Gasteiger partial charge is 0.340 e. The number of piperazine rings is 1. The first-order valence-corrected chi connectivity index (χ1v) is 11.0. The van der Waals surface area contributed by atoms with Gasteiger partial charge in [0.05, 0.1) is 12.5 Å². The minimum atomic E-state index is -0.278. The Kier molecular flexibility index (Phi) is 6.60. The van der Waals surface area contributed by atoms with E-state index in [0.29, 0.717) is 19.5 Å². The minimum absolute atomic E-state index is 0.0983.